The SMILES string of the molecule is CCCCCCC(CCCCCC)CC(OC)OC. The van der Waals surface area contributed by atoms with E-state index < -0.39 is 0 Å². The molecule has 0 heterocycles. The maximum absolute atomic E-state index is 5.36. The summed E-state index contributed by atoms with van der Waals surface area (Å²) in [5, 5.41) is 0. The van der Waals surface area contributed by atoms with Gasteiger partial charge >= 0.3 is 0 Å². The van der Waals surface area contributed by atoms with Gasteiger partial charge in [-0.1, -0.05) is 78.1 Å². The first kappa shape index (κ1) is 18.9. The van der Waals surface area contributed by atoms with E-state index in [1.807, 2.05) is 0 Å². The second-order valence-corrected chi connectivity index (χ2v) is 5.70. The van der Waals surface area contributed by atoms with Crippen molar-refractivity contribution < 1.29 is 9.47 Å². The van der Waals surface area contributed by atoms with Gasteiger partial charge in [-0.3, -0.25) is 0 Å². The van der Waals surface area contributed by atoms with Crippen molar-refractivity contribution in [2.24, 2.45) is 5.92 Å². The first-order valence-electron chi connectivity index (χ1n) is 8.34. The Morgan fingerprint density at radius 2 is 1.16 bits per heavy atom. The van der Waals surface area contributed by atoms with E-state index in [1.54, 1.807) is 14.2 Å². The Kier molecular flexibility index (Phi) is 14.3. The molecule has 0 saturated heterocycles. The molecular formula is C17H36O2. The van der Waals surface area contributed by atoms with Gasteiger partial charge in [-0.2, -0.15) is 0 Å². The number of methoxy groups -OCH3 is 2. The highest BCUT2D eigenvalue weighted by molar-refractivity contribution is 4.63. The molecule has 0 rings (SSSR count). The van der Waals surface area contributed by atoms with E-state index in [1.165, 1.54) is 64.2 Å². The summed E-state index contributed by atoms with van der Waals surface area (Å²) in [6.07, 6.45) is 14.6. The van der Waals surface area contributed by atoms with E-state index in [2.05, 4.69) is 13.8 Å². The number of hydrogen-bond acceptors (Lipinski definition) is 2. The molecule has 0 aromatic carbocycles. The van der Waals surface area contributed by atoms with Crippen molar-refractivity contribution in [3.05, 3.63) is 0 Å². The molecule has 2 heteroatoms. The molecule has 0 aliphatic heterocycles. The molecule has 19 heavy (non-hydrogen) atoms. The second kappa shape index (κ2) is 14.3. The molecule has 0 aliphatic rings. The molecule has 0 aromatic rings. The smallest absolute Gasteiger partial charge is 0.157 e. The summed E-state index contributed by atoms with van der Waals surface area (Å²) in [7, 11) is 3.50. The van der Waals surface area contributed by atoms with Crippen LogP contribution in [-0.2, 0) is 9.47 Å². The highest BCUT2D eigenvalue weighted by Crippen LogP contribution is 2.24. The van der Waals surface area contributed by atoms with E-state index in [4.69, 9.17) is 9.47 Å². The van der Waals surface area contributed by atoms with Crippen molar-refractivity contribution in [3.63, 3.8) is 0 Å². The molecule has 0 unspecified atom stereocenters. The molecule has 0 N–H and O–H groups in total. The van der Waals surface area contributed by atoms with Crippen LogP contribution in [0.2, 0.25) is 0 Å². The van der Waals surface area contributed by atoms with Crippen molar-refractivity contribution in [1.82, 2.24) is 0 Å². The zero-order valence-electron chi connectivity index (χ0n) is 13.7. The Balaban J connectivity index is 3.91. The van der Waals surface area contributed by atoms with Gasteiger partial charge in [-0.05, 0) is 5.92 Å². The predicted molar refractivity (Wildman–Crippen MR) is 83.4 cm³/mol. The average molecular weight is 272 g/mol. The van der Waals surface area contributed by atoms with Crippen molar-refractivity contribution in [2.75, 3.05) is 14.2 Å². The fourth-order valence-corrected chi connectivity index (χ4v) is 2.66. The van der Waals surface area contributed by atoms with Gasteiger partial charge in [0.2, 0.25) is 0 Å². The Hall–Kier alpha value is -0.0800. The van der Waals surface area contributed by atoms with Crippen LogP contribution in [0.1, 0.15) is 84.5 Å². The highest BCUT2D eigenvalue weighted by Gasteiger charge is 2.15. The number of hydrogen-bond donors (Lipinski definition) is 0. The summed E-state index contributed by atoms with van der Waals surface area (Å²) in [5.41, 5.74) is 0. The summed E-state index contributed by atoms with van der Waals surface area (Å²) in [6.45, 7) is 4.54. The number of ether oxygens (including phenoxy) is 2. The van der Waals surface area contributed by atoms with Gasteiger partial charge in [0.1, 0.15) is 0 Å². The Labute approximate surface area is 121 Å². The largest absolute Gasteiger partial charge is 0.356 e. The van der Waals surface area contributed by atoms with Crippen molar-refractivity contribution in [3.8, 4) is 0 Å². The lowest BCUT2D eigenvalue weighted by molar-refractivity contribution is -0.115. The quantitative estimate of drug-likeness (QED) is 0.305. The minimum absolute atomic E-state index is 0.0117. The lowest BCUT2D eigenvalue weighted by atomic mass is 9.91. The third-order valence-corrected chi connectivity index (χ3v) is 3.98. The molecule has 2 nitrogen and oxygen atoms in total. The zero-order valence-corrected chi connectivity index (χ0v) is 13.7. The minimum atomic E-state index is -0.0117. The molecule has 0 amide bonds. The van der Waals surface area contributed by atoms with Crippen LogP contribution in [0.3, 0.4) is 0 Å². The molecule has 0 atom stereocenters. The second-order valence-electron chi connectivity index (χ2n) is 5.70. The lowest BCUT2D eigenvalue weighted by Gasteiger charge is -2.22. The van der Waals surface area contributed by atoms with Crippen LogP contribution in [0.15, 0.2) is 0 Å². The van der Waals surface area contributed by atoms with Gasteiger partial charge in [0.15, 0.2) is 6.29 Å². The summed E-state index contributed by atoms with van der Waals surface area (Å²) in [4.78, 5) is 0. The van der Waals surface area contributed by atoms with E-state index in [0.717, 1.165) is 12.3 Å². The van der Waals surface area contributed by atoms with Crippen LogP contribution in [0.4, 0.5) is 0 Å². The third-order valence-electron chi connectivity index (χ3n) is 3.98. The lowest BCUT2D eigenvalue weighted by Crippen LogP contribution is -2.18. The fraction of sp³-hybridized carbons (Fsp3) is 1.00. The highest BCUT2D eigenvalue weighted by atomic mass is 16.7. The fourth-order valence-electron chi connectivity index (χ4n) is 2.66. The van der Waals surface area contributed by atoms with E-state index in [-0.39, 0.29) is 6.29 Å². The molecule has 0 aliphatic carbocycles. The van der Waals surface area contributed by atoms with Gasteiger partial charge in [0.05, 0.1) is 0 Å². The van der Waals surface area contributed by atoms with Crippen molar-refractivity contribution >= 4 is 0 Å². The Morgan fingerprint density at radius 1 is 0.684 bits per heavy atom. The standard InChI is InChI=1S/C17H36O2/c1-5-7-9-11-13-16(14-12-10-8-6-2)15-17(18-3)19-4/h16-17H,5-15H2,1-4H3. The van der Waals surface area contributed by atoms with Crippen LogP contribution < -0.4 is 0 Å². The average Bonchev–Trinajstić information content (AvgIpc) is 2.44. The van der Waals surface area contributed by atoms with Crippen LogP contribution in [-0.4, -0.2) is 20.5 Å². The molecule has 0 aromatic heterocycles. The predicted octanol–water partition coefficient (Wildman–Crippen LogP) is 5.55. The number of rotatable bonds is 14. The van der Waals surface area contributed by atoms with Gasteiger partial charge in [-0.25, -0.2) is 0 Å². The summed E-state index contributed by atoms with van der Waals surface area (Å²) in [5.74, 6) is 0.776. The van der Waals surface area contributed by atoms with Crippen LogP contribution in [0.5, 0.6) is 0 Å². The molecule has 116 valence electrons. The first-order chi connectivity index (χ1) is 9.28. The molecular weight excluding hydrogens is 236 g/mol. The van der Waals surface area contributed by atoms with E-state index in [0.29, 0.717) is 0 Å². The molecule has 0 bridgehead atoms. The van der Waals surface area contributed by atoms with Gasteiger partial charge in [-0.15, -0.1) is 0 Å². The van der Waals surface area contributed by atoms with Crippen LogP contribution in [0, 0.1) is 5.92 Å². The maximum Gasteiger partial charge on any atom is 0.157 e. The summed E-state index contributed by atoms with van der Waals surface area (Å²) < 4.78 is 10.7. The van der Waals surface area contributed by atoms with Crippen molar-refractivity contribution in [1.29, 1.82) is 0 Å². The third kappa shape index (κ3) is 11.4. The van der Waals surface area contributed by atoms with Crippen LogP contribution in [0.25, 0.3) is 0 Å². The van der Waals surface area contributed by atoms with Crippen molar-refractivity contribution in [2.45, 2.75) is 90.8 Å². The topological polar surface area (TPSA) is 18.5 Å². The van der Waals surface area contributed by atoms with Gasteiger partial charge < -0.3 is 9.47 Å². The monoisotopic (exact) mass is 272 g/mol. The normalized spacial score (nSPS) is 11.7. The Bertz CT molecular complexity index is 155. The van der Waals surface area contributed by atoms with Gasteiger partial charge in [0, 0.05) is 20.6 Å². The minimum Gasteiger partial charge on any atom is -0.356 e. The first-order valence-corrected chi connectivity index (χ1v) is 8.34. The van der Waals surface area contributed by atoms with E-state index in [9.17, 15) is 0 Å². The molecule has 0 saturated carbocycles. The Morgan fingerprint density at radius 3 is 1.53 bits per heavy atom. The summed E-state index contributed by atoms with van der Waals surface area (Å²) in [6, 6.07) is 0. The molecule has 0 radical (unpaired) electrons. The summed E-state index contributed by atoms with van der Waals surface area (Å²) >= 11 is 0. The molecule has 0 fully saturated rings. The van der Waals surface area contributed by atoms with Gasteiger partial charge in [0.25, 0.3) is 0 Å². The van der Waals surface area contributed by atoms with Crippen LogP contribution >= 0.6 is 0 Å². The maximum atomic E-state index is 5.36. The van der Waals surface area contributed by atoms with E-state index >= 15 is 0 Å². The zero-order chi connectivity index (χ0) is 14.3. The molecule has 0 spiro atoms. The number of unbranched alkanes of at least 4 members (excludes halogenated alkanes) is 6.